The van der Waals surface area contributed by atoms with E-state index in [1.165, 1.54) is 6.21 Å². The number of phenolic OH excluding ortho intramolecular Hbond substituents is 1. The second kappa shape index (κ2) is 3.61. The Kier molecular flexibility index (Phi) is 2.49. The zero-order chi connectivity index (χ0) is 8.10. The number of phenols is 1. The number of aromatic hydroxyl groups is 1. The summed E-state index contributed by atoms with van der Waals surface area (Å²) in [4.78, 5) is 4.81. The lowest BCUT2D eigenvalue weighted by atomic mass is 10.3. The fourth-order valence-corrected chi connectivity index (χ4v) is 0.644. The predicted molar refractivity (Wildman–Crippen MR) is 42.9 cm³/mol. The molecule has 0 fully saturated rings. The van der Waals surface area contributed by atoms with E-state index in [2.05, 4.69) is 5.16 Å². The highest BCUT2D eigenvalue weighted by Gasteiger charge is 1.97. The monoisotopic (exact) mass is 151 g/mol. The Bertz CT molecular complexity index is 258. The van der Waals surface area contributed by atoms with E-state index in [4.69, 9.17) is 9.94 Å². The van der Waals surface area contributed by atoms with Crippen molar-refractivity contribution < 1.29 is 9.94 Å². The molecule has 0 aliphatic carbocycles. The Morgan fingerprint density at radius 3 is 2.82 bits per heavy atom. The summed E-state index contributed by atoms with van der Waals surface area (Å²) >= 11 is 0. The molecule has 0 unspecified atom stereocenters. The van der Waals surface area contributed by atoms with Gasteiger partial charge in [0, 0.05) is 6.21 Å². The van der Waals surface area contributed by atoms with Crippen LogP contribution in [-0.4, -0.2) is 11.3 Å². The molecule has 1 rings (SSSR count). The van der Waals surface area contributed by atoms with Crippen LogP contribution in [0.1, 0.15) is 6.92 Å². The SMILES string of the molecule is CC=NOc1ccccc1O. The minimum Gasteiger partial charge on any atom is -0.504 e. The Morgan fingerprint density at radius 2 is 2.18 bits per heavy atom. The van der Waals surface area contributed by atoms with E-state index in [1.54, 1.807) is 31.2 Å². The van der Waals surface area contributed by atoms with Crippen LogP contribution >= 0.6 is 0 Å². The zero-order valence-electron chi connectivity index (χ0n) is 6.19. The van der Waals surface area contributed by atoms with E-state index in [-0.39, 0.29) is 5.75 Å². The number of oxime groups is 1. The van der Waals surface area contributed by atoms with Crippen LogP contribution in [0, 0.1) is 0 Å². The van der Waals surface area contributed by atoms with Gasteiger partial charge in [0.15, 0.2) is 11.5 Å². The van der Waals surface area contributed by atoms with Crippen LogP contribution < -0.4 is 4.84 Å². The summed E-state index contributed by atoms with van der Waals surface area (Å²) in [5, 5.41) is 12.7. The van der Waals surface area contributed by atoms with Crippen molar-refractivity contribution in [1.82, 2.24) is 0 Å². The van der Waals surface area contributed by atoms with Crippen LogP contribution in [0.3, 0.4) is 0 Å². The maximum atomic E-state index is 9.14. The summed E-state index contributed by atoms with van der Waals surface area (Å²) in [5.74, 6) is 0.462. The summed E-state index contributed by atoms with van der Waals surface area (Å²) in [7, 11) is 0. The summed E-state index contributed by atoms with van der Waals surface area (Å²) in [6.45, 7) is 1.74. The van der Waals surface area contributed by atoms with Crippen LogP contribution in [0.2, 0.25) is 0 Å². The van der Waals surface area contributed by atoms with Crippen LogP contribution in [0.25, 0.3) is 0 Å². The molecule has 0 heterocycles. The summed E-state index contributed by atoms with van der Waals surface area (Å²) in [6, 6.07) is 6.67. The van der Waals surface area contributed by atoms with Crippen molar-refractivity contribution in [2.24, 2.45) is 5.16 Å². The molecule has 0 saturated carbocycles. The van der Waals surface area contributed by atoms with Crippen LogP contribution in [0.5, 0.6) is 11.5 Å². The number of para-hydroxylation sites is 2. The highest BCUT2D eigenvalue weighted by Crippen LogP contribution is 2.24. The lowest BCUT2D eigenvalue weighted by Crippen LogP contribution is -1.82. The van der Waals surface area contributed by atoms with Crippen molar-refractivity contribution in [2.45, 2.75) is 6.92 Å². The number of nitrogens with zero attached hydrogens (tertiary/aromatic N) is 1. The molecular formula is C8H9NO2. The van der Waals surface area contributed by atoms with Gasteiger partial charge in [-0.2, -0.15) is 0 Å². The van der Waals surface area contributed by atoms with Gasteiger partial charge in [-0.3, -0.25) is 0 Å². The first-order valence-corrected chi connectivity index (χ1v) is 3.27. The van der Waals surface area contributed by atoms with Crippen LogP contribution in [0.4, 0.5) is 0 Å². The zero-order valence-corrected chi connectivity index (χ0v) is 6.19. The molecule has 1 N–H and O–H groups in total. The maximum absolute atomic E-state index is 9.14. The van der Waals surface area contributed by atoms with Crippen molar-refractivity contribution in [1.29, 1.82) is 0 Å². The van der Waals surface area contributed by atoms with E-state index in [0.717, 1.165) is 0 Å². The van der Waals surface area contributed by atoms with Gasteiger partial charge in [0.25, 0.3) is 0 Å². The van der Waals surface area contributed by atoms with Crippen molar-refractivity contribution in [3.05, 3.63) is 24.3 Å². The Morgan fingerprint density at radius 1 is 1.45 bits per heavy atom. The lowest BCUT2D eigenvalue weighted by Gasteiger charge is -1.98. The van der Waals surface area contributed by atoms with Gasteiger partial charge in [0.2, 0.25) is 0 Å². The van der Waals surface area contributed by atoms with E-state index >= 15 is 0 Å². The quantitative estimate of drug-likeness (QED) is 0.517. The van der Waals surface area contributed by atoms with E-state index < -0.39 is 0 Å². The molecule has 0 bridgehead atoms. The Hall–Kier alpha value is -1.51. The average Bonchev–Trinajstić information content (AvgIpc) is 2.03. The molecule has 0 atom stereocenters. The third kappa shape index (κ3) is 1.97. The molecule has 11 heavy (non-hydrogen) atoms. The fraction of sp³-hybridized carbons (Fsp3) is 0.125. The van der Waals surface area contributed by atoms with Gasteiger partial charge in [-0.25, -0.2) is 0 Å². The van der Waals surface area contributed by atoms with Crippen molar-refractivity contribution in [3.8, 4) is 11.5 Å². The second-order valence-corrected chi connectivity index (χ2v) is 1.92. The molecule has 0 aromatic heterocycles. The van der Waals surface area contributed by atoms with Gasteiger partial charge in [-0.1, -0.05) is 17.3 Å². The van der Waals surface area contributed by atoms with Gasteiger partial charge in [0.1, 0.15) is 0 Å². The molecule has 0 aliphatic heterocycles. The highest BCUT2D eigenvalue weighted by atomic mass is 16.6. The Labute approximate surface area is 64.9 Å². The van der Waals surface area contributed by atoms with Crippen molar-refractivity contribution in [3.63, 3.8) is 0 Å². The molecule has 3 nitrogen and oxygen atoms in total. The molecule has 0 amide bonds. The first kappa shape index (κ1) is 7.60. The third-order valence-electron chi connectivity index (χ3n) is 1.12. The molecule has 0 spiro atoms. The van der Waals surface area contributed by atoms with Gasteiger partial charge in [-0.15, -0.1) is 0 Å². The Balaban J connectivity index is 2.77. The normalized spacial score (nSPS) is 10.3. The predicted octanol–water partition coefficient (Wildman–Crippen LogP) is 1.78. The van der Waals surface area contributed by atoms with Gasteiger partial charge >= 0.3 is 0 Å². The number of benzene rings is 1. The highest BCUT2D eigenvalue weighted by molar-refractivity contribution is 5.52. The first-order valence-electron chi connectivity index (χ1n) is 3.27. The molecular weight excluding hydrogens is 142 g/mol. The van der Waals surface area contributed by atoms with Gasteiger partial charge in [0.05, 0.1) is 0 Å². The second-order valence-electron chi connectivity index (χ2n) is 1.92. The topological polar surface area (TPSA) is 41.8 Å². The lowest BCUT2D eigenvalue weighted by molar-refractivity contribution is 0.320. The van der Waals surface area contributed by atoms with E-state index in [1.807, 2.05) is 0 Å². The standard InChI is InChI=1S/C8H9NO2/c1-2-9-11-8-6-4-3-5-7(8)10/h2-6,10H,1H3. The maximum Gasteiger partial charge on any atom is 0.199 e. The summed E-state index contributed by atoms with van der Waals surface area (Å²) in [6.07, 6.45) is 1.51. The molecule has 3 heteroatoms. The van der Waals surface area contributed by atoms with Crippen LogP contribution in [0.15, 0.2) is 29.4 Å². The molecule has 0 radical (unpaired) electrons. The minimum absolute atomic E-state index is 0.0955. The van der Waals surface area contributed by atoms with Gasteiger partial charge < -0.3 is 9.94 Å². The number of hydrogen-bond acceptors (Lipinski definition) is 3. The summed E-state index contributed by atoms with van der Waals surface area (Å²) < 4.78 is 0. The number of hydrogen-bond donors (Lipinski definition) is 1. The largest absolute Gasteiger partial charge is 0.504 e. The van der Waals surface area contributed by atoms with E-state index in [9.17, 15) is 0 Å². The number of rotatable bonds is 2. The van der Waals surface area contributed by atoms with Crippen molar-refractivity contribution in [2.75, 3.05) is 0 Å². The van der Waals surface area contributed by atoms with Crippen LogP contribution in [-0.2, 0) is 0 Å². The van der Waals surface area contributed by atoms with Gasteiger partial charge in [-0.05, 0) is 19.1 Å². The molecule has 0 saturated heterocycles. The molecule has 0 aliphatic rings. The van der Waals surface area contributed by atoms with Crippen molar-refractivity contribution >= 4 is 6.21 Å². The minimum atomic E-state index is 0.0955. The molecule has 1 aromatic rings. The first-order chi connectivity index (χ1) is 5.34. The smallest absolute Gasteiger partial charge is 0.199 e. The third-order valence-corrected chi connectivity index (χ3v) is 1.12. The summed E-state index contributed by atoms with van der Waals surface area (Å²) in [5.41, 5.74) is 0. The molecule has 1 aromatic carbocycles. The fourth-order valence-electron chi connectivity index (χ4n) is 0.644. The average molecular weight is 151 g/mol. The molecule has 58 valence electrons. The van der Waals surface area contributed by atoms with E-state index in [0.29, 0.717) is 5.75 Å².